The summed E-state index contributed by atoms with van der Waals surface area (Å²) >= 11 is 0. The smallest absolute Gasteiger partial charge is 0.251 e. The van der Waals surface area contributed by atoms with Crippen LogP contribution in [0.4, 0.5) is 11.6 Å². The first-order chi connectivity index (χ1) is 18.9. The summed E-state index contributed by atoms with van der Waals surface area (Å²) in [6.07, 6.45) is 1.76. The standard InChI is InChI=1S/C28H28N6O5/c1-14(2)38-27-24-19(16-5-7-21-23(9-16)39-15(3)30-21)11-29-25(24)33-28(34-27)32-20-8-6-17(10-22(20)36-4)26(35)31-18-12-37-13-18/h5-11,14,18H,12-13H2,1-4H3,(H,31,35)(H2,29,32,33,34). The number of methoxy groups -OCH3 is 1. The summed E-state index contributed by atoms with van der Waals surface area (Å²) in [4.78, 5) is 29.6. The van der Waals surface area contributed by atoms with E-state index >= 15 is 0 Å². The van der Waals surface area contributed by atoms with Gasteiger partial charge in [-0.15, -0.1) is 0 Å². The Labute approximate surface area is 223 Å². The number of ether oxygens (including phenoxy) is 3. The molecule has 1 fully saturated rings. The highest BCUT2D eigenvalue weighted by atomic mass is 16.5. The Bertz CT molecular complexity index is 1690. The number of oxazole rings is 1. The van der Waals surface area contributed by atoms with Crippen LogP contribution in [0.25, 0.3) is 33.3 Å². The van der Waals surface area contributed by atoms with Crippen molar-refractivity contribution in [3.63, 3.8) is 0 Å². The molecule has 1 aliphatic heterocycles. The Morgan fingerprint density at radius 3 is 2.72 bits per heavy atom. The predicted octanol–water partition coefficient (Wildman–Crippen LogP) is 4.74. The number of carbonyl (C=O) groups is 1. The van der Waals surface area contributed by atoms with E-state index in [9.17, 15) is 4.79 Å². The van der Waals surface area contributed by atoms with Crippen molar-refractivity contribution in [3.8, 4) is 22.8 Å². The van der Waals surface area contributed by atoms with Crippen LogP contribution >= 0.6 is 0 Å². The number of fused-ring (bicyclic) bond motifs is 2. The van der Waals surface area contributed by atoms with Crippen molar-refractivity contribution < 1.29 is 23.4 Å². The molecule has 0 spiro atoms. The van der Waals surface area contributed by atoms with Crippen LogP contribution in [0, 0.1) is 6.92 Å². The topological polar surface area (TPSA) is 136 Å². The van der Waals surface area contributed by atoms with Crippen LogP contribution in [0.5, 0.6) is 11.6 Å². The number of nitrogens with one attached hydrogen (secondary N) is 3. The first-order valence-corrected chi connectivity index (χ1v) is 12.6. The highest BCUT2D eigenvalue weighted by Gasteiger charge is 2.22. The Balaban J connectivity index is 1.34. The second-order valence-electron chi connectivity index (χ2n) is 9.61. The molecule has 1 aliphatic rings. The van der Waals surface area contributed by atoms with E-state index < -0.39 is 0 Å². The van der Waals surface area contributed by atoms with Gasteiger partial charge in [-0.2, -0.15) is 9.97 Å². The Morgan fingerprint density at radius 1 is 1.13 bits per heavy atom. The summed E-state index contributed by atoms with van der Waals surface area (Å²) < 4.78 is 22.6. The Hall–Kier alpha value is -4.64. The number of nitrogens with zero attached hydrogens (tertiary/aromatic N) is 3. The van der Waals surface area contributed by atoms with Crippen LogP contribution in [0.3, 0.4) is 0 Å². The van der Waals surface area contributed by atoms with Crippen LogP contribution in [-0.2, 0) is 4.74 Å². The molecule has 0 atom stereocenters. The molecule has 6 rings (SSSR count). The Kier molecular flexibility index (Phi) is 6.27. The number of aromatic amines is 1. The molecule has 5 aromatic rings. The van der Waals surface area contributed by atoms with Crippen molar-refractivity contribution in [2.24, 2.45) is 0 Å². The van der Waals surface area contributed by atoms with Gasteiger partial charge in [0, 0.05) is 24.2 Å². The zero-order valence-corrected chi connectivity index (χ0v) is 22.0. The number of hydrogen-bond acceptors (Lipinski definition) is 9. The third-order valence-corrected chi connectivity index (χ3v) is 6.34. The minimum atomic E-state index is -0.184. The lowest BCUT2D eigenvalue weighted by Crippen LogP contribution is -2.48. The molecule has 2 aromatic carbocycles. The quantitative estimate of drug-likeness (QED) is 0.261. The van der Waals surface area contributed by atoms with Gasteiger partial charge in [0.1, 0.15) is 16.9 Å². The first-order valence-electron chi connectivity index (χ1n) is 12.6. The van der Waals surface area contributed by atoms with Gasteiger partial charge in [0.15, 0.2) is 11.5 Å². The molecule has 39 heavy (non-hydrogen) atoms. The minimum absolute atomic E-state index is 0.0354. The SMILES string of the molecule is COc1cc(C(=O)NC2COC2)ccc1Nc1nc(OC(C)C)c2c(-c3ccc4nc(C)oc4c3)c[nH]c2n1. The van der Waals surface area contributed by atoms with Crippen molar-refractivity contribution in [2.75, 3.05) is 25.6 Å². The molecule has 200 valence electrons. The molecule has 4 heterocycles. The second-order valence-corrected chi connectivity index (χ2v) is 9.61. The number of aryl methyl sites for hydroxylation is 1. The number of rotatable bonds is 8. The van der Waals surface area contributed by atoms with Gasteiger partial charge in [-0.1, -0.05) is 6.07 Å². The maximum Gasteiger partial charge on any atom is 0.251 e. The molecule has 0 bridgehead atoms. The number of benzene rings is 2. The molecule has 11 heteroatoms. The number of anilines is 2. The van der Waals surface area contributed by atoms with Crippen LogP contribution in [-0.4, -0.2) is 58.3 Å². The second kappa shape index (κ2) is 9.91. The van der Waals surface area contributed by atoms with E-state index in [1.54, 1.807) is 25.3 Å². The number of carbonyl (C=O) groups excluding carboxylic acids is 1. The van der Waals surface area contributed by atoms with Crippen molar-refractivity contribution in [2.45, 2.75) is 32.9 Å². The third-order valence-electron chi connectivity index (χ3n) is 6.34. The van der Waals surface area contributed by atoms with Crippen LogP contribution in [0.2, 0.25) is 0 Å². The molecule has 0 radical (unpaired) electrons. The van der Waals surface area contributed by atoms with E-state index in [1.807, 2.05) is 45.2 Å². The predicted molar refractivity (Wildman–Crippen MR) is 146 cm³/mol. The normalized spacial score (nSPS) is 13.6. The lowest BCUT2D eigenvalue weighted by molar-refractivity contribution is -0.00346. The highest BCUT2D eigenvalue weighted by molar-refractivity contribution is 5.99. The lowest BCUT2D eigenvalue weighted by atomic mass is 10.1. The summed E-state index contributed by atoms with van der Waals surface area (Å²) in [5, 5.41) is 6.90. The number of H-pyrrole nitrogens is 1. The largest absolute Gasteiger partial charge is 0.495 e. The van der Waals surface area contributed by atoms with E-state index in [0.717, 1.165) is 22.0 Å². The van der Waals surface area contributed by atoms with Gasteiger partial charge in [0.2, 0.25) is 11.8 Å². The molecule has 1 amide bonds. The van der Waals surface area contributed by atoms with Gasteiger partial charge < -0.3 is 34.2 Å². The average Bonchev–Trinajstić information content (AvgIpc) is 3.48. The molecule has 1 saturated heterocycles. The van der Waals surface area contributed by atoms with E-state index in [4.69, 9.17) is 28.6 Å². The monoisotopic (exact) mass is 528 g/mol. The fourth-order valence-corrected chi connectivity index (χ4v) is 4.44. The fraction of sp³-hybridized carbons (Fsp3) is 0.286. The van der Waals surface area contributed by atoms with Crippen LogP contribution in [0.15, 0.2) is 47.0 Å². The van der Waals surface area contributed by atoms with E-state index in [-0.39, 0.29) is 18.1 Å². The van der Waals surface area contributed by atoms with Gasteiger partial charge in [-0.3, -0.25) is 4.79 Å². The number of amides is 1. The van der Waals surface area contributed by atoms with Crippen LogP contribution in [0.1, 0.15) is 30.1 Å². The molecule has 3 N–H and O–H groups in total. The molecule has 0 saturated carbocycles. The maximum absolute atomic E-state index is 12.6. The van der Waals surface area contributed by atoms with Crippen molar-refractivity contribution in [3.05, 3.63) is 54.0 Å². The van der Waals surface area contributed by atoms with Crippen LogP contribution < -0.4 is 20.1 Å². The van der Waals surface area contributed by atoms with E-state index in [1.165, 1.54) is 0 Å². The Morgan fingerprint density at radius 2 is 1.97 bits per heavy atom. The first kappa shape index (κ1) is 24.7. The number of hydrogen-bond donors (Lipinski definition) is 3. The zero-order valence-electron chi connectivity index (χ0n) is 22.0. The number of aromatic nitrogens is 4. The molecule has 11 nitrogen and oxygen atoms in total. The molecule has 0 unspecified atom stereocenters. The van der Waals surface area contributed by atoms with E-state index in [0.29, 0.717) is 59.2 Å². The molecular formula is C28H28N6O5. The summed E-state index contributed by atoms with van der Waals surface area (Å²) in [6, 6.07) is 11.1. The van der Waals surface area contributed by atoms with Crippen molar-refractivity contribution in [1.29, 1.82) is 0 Å². The fourth-order valence-electron chi connectivity index (χ4n) is 4.44. The molecule has 3 aromatic heterocycles. The van der Waals surface area contributed by atoms with Crippen molar-refractivity contribution >= 4 is 39.7 Å². The maximum atomic E-state index is 12.6. The third kappa shape index (κ3) is 4.84. The van der Waals surface area contributed by atoms with Gasteiger partial charge in [0.05, 0.1) is 43.5 Å². The van der Waals surface area contributed by atoms with E-state index in [2.05, 4.69) is 20.6 Å². The van der Waals surface area contributed by atoms with Gasteiger partial charge in [0.25, 0.3) is 5.91 Å². The van der Waals surface area contributed by atoms with Gasteiger partial charge in [-0.25, -0.2) is 4.98 Å². The summed E-state index contributed by atoms with van der Waals surface area (Å²) in [5.74, 6) is 1.65. The molecule has 0 aliphatic carbocycles. The summed E-state index contributed by atoms with van der Waals surface area (Å²) in [5.41, 5.74) is 5.00. The van der Waals surface area contributed by atoms with Crippen molar-refractivity contribution in [1.82, 2.24) is 25.3 Å². The average molecular weight is 529 g/mol. The van der Waals surface area contributed by atoms with Gasteiger partial charge >= 0.3 is 0 Å². The summed E-state index contributed by atoms with van der Waals surface area (Å²) in [6.45, 7) is 6.76. The minimum Gasteiger partial charge on any atom is -0.495 e. The highest BCUT2D eigenvalue weighted by Crippen LogP contribution is 2.37. The molecular weight excluding hydrogens is 500 g/mol. The van der Waals surface area contributed by atoms with Gasteiger partial charge in [-0.05, 0) is 49.7 Å². The zero-order chi connectivity index (χ0) is 27.1. The summed E-state index contributed by atoms with van der Waals surface area (Å²) in [7, 11) is 1.55. The lowest BCUT2D eigenvalue weighted by Gasteiger charge is -2.26.